The molecule has 0 atom stereocenters. The fourth-order valence-electron chi connectivity index (χ4n) is 2.30. The highest BCUT2D eigenvalue weighted by molar-refractivity contribution is 5.74. The molecule has 2 aromatic rings. The number of nitrogens with two attached hydrogens (primary N) is 1. The number of nitrogen functional groups attached to an aromatic ring is 1. The largest absolute Gasteiger partial charge is 0.486 e. The molecule has 5 nitrogen and oxygen atoms in total. The quantitative estimate of drug-likeness (QED) is 0.924. The average molecular weight is 291 g/mol. The summed E-state index contributed by atoms with van der Waals surface area (Å²) in [6.07, 6.45) is 0. The number of anilines is 1. The van der Waals surface area contributed by atoms with Gasteiger partial charge in [0.05, 0.1) is 5.69 Å². The first-order valence-electron chi connectivity index (χ1n) is 6.79. The molecule has 0 spiro atoms. The summed E-state index contributed by atoms with van der Waals surface area (Å²) in [6, 6.07) is 5.17. The van der Waals surface area contributed by atoms with Crippen molar-refractivity contribution in [3.63, 3.8) is 0 Å². The van der Waals surface area contributed by atoms with Crippen molar-refractivity contribution in [3.05, 3.63) is 23.8 Å². The van der Waals surface area contributed by atoms with Crippen molar-refractivity contribution < 1.29 is 13.9 Å². The van der Waals surface area contributed by atoms with E-state index in [9.17, 15) is 4.39 Å². The number of nitrogens with zero attached hydrogens (tertiary/aromatic N) is 2. The molecule has 2 N–H and O–H groups in total. The first kappa shape index (κ1) is 13.7. The van der Waals surface area contributed by atoms with E-state index in [1.165, 1.54) is 13.8 Å². The van der Waals surface area contributed by atoms with Crippen LogP contribution < -0.4 is 15.2 Å². The predicted octanol–water partition coefficient (Wildman–Crippen LogP) is 2.65. The Labute approximate surface area is 122 Å². The van der Waals surface area contributed by atoms with Crippen LogP contribution in [0.25, 0.3) is 11.3 Å². The second-order valence-corrected chi connectivity index (χ2v) is 5.60. The molecule has 1 aromatic heterocycles. The maximum absolute atomic E-state index is 14.3. The molecule has 0 saturated heterocycles. The molecule has 0 saturated carbocycles. The number of aromatic nitrogens is 2. The Morgan fingerprint density at radius 3 is 2.57 bits per heavy atom. The van der Waals surface area contributed by atoms with Crippen molar-refractivity contribution in [2.24, 2.45) is 7.05 Å². The van der Waals surface area contributed by atoms with Gasteiger partial charge in [-0.1, -0.05) is 0 Å². The van der Waals surface area contributed by atoms with Crippen molar-refractivity contribution in [1.29, 1.82) is 0 Å². The zero-order valence-electron chi connectivity index (χ0n) is 12.3. The van der Waals surface area contributed by atoms with Crippen LogP contribution in [-0.2, 0) is 12.7 Å². The molecule has 0 radical (unpaired) electrons. The first-order valence-corrected chi connectivity index (χ1v) is 6.79. The average Bonchev–Trinajstić information content (AvgIpc) is 2.76. The molecular weight excluding hydrogens is 273 g/mol. The fourth-order valence-corrected chi connectivity index (χ4v) is 2.30. The maximum atomic E-state index is 14.3. The monoisotopic (exact) mass is 291 g/mol. The standard InChI is InChI=1S/C15H18FN3O2/c1-15(2,16)9-6-10(11-8-13(17)19(3)18-11)14-12(7-9)20-4-5-21-14/h6-8H,4-5,17H2,1-3H3. The minimum Gasteiger partial charge on any atom is -0.486 e. The minimum atomic E-state index is -1.48. The van der Waals surface area contributed by atoms with Crippen LogP contribution in [-0.4, -0.2) is 23.0 Å². The third-order valence-corrected chi connectivity index (χ3v) is 3.52. The van der Waals surface area contributed by atoms with E-state index in [4.69, 9.17) is 15.2 Å². The number of fused-ring (bicyclic) bond motifs is 1. The Balaban J connectivity index is 2.22. The zero-order valence-corrected chi connectivity index (χ0v) is 12.3. The zero-order chi connectivity index (χ0) is 15.2. The molecule has 2 heterocycles. The Morgan fingerprint density at radius 1 is 1.24 bits per heavy atom. The van der Waals surface area contributed by atoms with Crippen molar-refractivity contribution >= 4 is 5.82 Å². The van der Waals surface area contributed by atoms with E-state index >= 15 is 0 Å². The van der Waals surface area contributed by atoms with Crippen molar-refractivity contribution in [2.45, 2.75) is 19.5 Å². The van der Waals surface area contributed by atoms with E-state index in [1.807, 2.05) is 0 Å². The summed E-state index contributed by atoms with van der Waals surface area (Å²) < 4.78 is 27.2. The van der Waals surface area contributed by atoms with Crippen molar-refractivity contribution in [3.8, 4) is 22.8 Å². The van der Waals surface area contributed by atoms with E-state index in [1.54, 1.807) is 29.9 Å². The minimum absolute atomic E-state index is 0.451. The molecule has 21 heavy (non-hydrogen) atoms. The second-order valence-electron chi connectivity index (χ2n) is 5.60. The van der Waals surface area contributed by atoms with E-state index in [2.05, 4.69) is 5.10 Å². The third-order valence-electron chi connectivity index (χ3n) is 3.52. The number of ether oxygens (including phenoxy) is 2. The van der Waals surface area contributed by atoms with E-state index in [0.29, 0.717) is 47.4 Å². The lowest BCUT2D eigenvalue weighted by Crippen LogP contribution is -2.18. The normalized spacial score (nSPS) is 14.3. The second kappa shape index (κ2) is 4.65. The van der Waals surface area contributed by atoms with Crippen LogP contribution in [0.1, 0.15) is 19.4 Å². The number of hydrogen-bond donors (Lipinski definition) is 1. The Kier molecular flexibility index (Phi) is 3.04. The lowest BCUT2D eigenvalue weighted by Gasteiger charge is -2.24. The van der Waals surface area contributed by atoms with Gasteiger partial charge in [-0.2, -0.15) is 5.10 Å². The van der Waals surface area contributed by atoms with Gasteiger partial charge in [0.15, 0.2) is 11.5 Å². The molecule has 1 aliphatic rings. The molecule has 0 bridgehead atoms. The van der Waals surface area contributed by atoms with Gasteiger partial charge in [0.2, 0.25) is 0 Å². The van der Waals surface area contributed by atoms with Gasteiger partial charge in [-0.05, 0) is 31.5 Å². The van der Waals surface area contributed by atoms with Crippen LogP contribution in [0.3, 0.4) is 0 Å². The van der Waals surface area contributed by atoms with Crippen LogP contribution in [0.15, 0.2) is 18.2 Å². The van der Waals surface area contributed by atoms with Gasteiger partial charge in [0, 0.05) is 18.7 Å². The molecule has 0 fully saturated rings. The molecule has 0 unspecified atom stereocenters. The molecule has 0 aliphatic carbocycles. The Hall–Kier alpha value is -2.24. The summed E-state index contributed by atoms with van der Waals surface area (Å²) in [5.74, 6) is 1.66. The highest BCUT2D eigenvalue weighted by Gasteiger charge is 2.26. The van der Waals surface area contributed by atoms with Crippen LogP contribution in [0.4, 0.5) is 10.2 Å². The van der Waals surface area contributed by atoms with Crippen LogP contribution >= 0.6 is 0 Å². The van der Waals surface area contributed by atoms with Gasteiger partial charge in [-0.15, -0.1) is 0 Å². The number of hydrogen-bond acceptors (Lipinski definition) is 4. The summed E-state index contributed by atoms with van der Waals surface area (Å²) in [7, 11) is 1.76. The van der Waals surface area contributed by atoms with Gasteiger partial charge in [-0.25, -0.2) is 4.39 Å². The fraction of sp³-hybridized carbons (Fsp3) is 0.400. The molecule has 3 rings (SSSR count). The summed E-state index contributed by atoms with van der Waals surface area (Å²) in [6.45, 7) is 3.93. The topological polar surface area (TPSA) is 62.3 Å². The molecule has 1 aliphatic heterocycles. The Bertz CT molecular complexity index is 669. The highest BCUT2D eigenvalue weighted by Crippen LogP contribution is 2.43. The van der Waals surface area contributed by atoms with Gasteiger partial charge >= 0.3 is 0 Å². The SMILES string of the molecule is Cn1nc(-c2cc(C(C)(C)F)cc3c2OCCO3)cc1N. The number of aryl methyl sites for hydroxylation is 1. The lowest BCUT2D eigenvalue weighted by atomic mass is 9.95. The van der Waals surface area contributed by atoms with Crippen LogP contribution in [0.2, 0.25) is 0 Å². The van der Waals surface area contributed by atoms with Crippen LogP contribution in [0.5, 0.6) is 11.5 Å². The lowest BCUT2D eigenvalue weighted by molar-refractivity contribution is 0.170. The molecule has 1 aromatic carbocycles. The number of benzene rings is 1. The molecule has 112 valence electrons. The van der Waals surface area contributed by atoms with Crippen molar-refractivity contribution in [2.75, 3.05) is 18.9 Å². The summed E-state index contributed by atoms with van der Waals surface area (Å²) in [5, 5.41) is 4.35. The highest BCUT2D eigenvalue weighted by atomic mass is 19.1. The first-order chi connectivity index (χ1) is 9.86. The summed E-state index contributed by atoms with van der Waals surface area (Å²) in [4.78, 5) is 0. The van der Waals surface area contributed by atoms with Gasteiger partial charge in [0.1, 0.15) is 24.7 Å². The van der Waals surface area contributed by atoms with E-state index in [0.717, 1.165) is 0 Å². The van der Waals surface area contributed by atoms with Gasteiger partial charge < -0.3 is 15.2 Å². The smallest absolute Gasteiger partial charge is 0.170 e. The molecule has 6 heteroatoms. The number of rotatable bonds is 2. The summed E-state index contributed by atoms with van der Waals surface area (Å²) >= 11 is 0. The number of alkyl halides is 1. The van der Waals surface area contributed by atoms with Gasteiger partial charge in [-0.3, -0.25) is 4.68 Å². The molecule has 0 amide bonds. The summed E-state index contributed by atoms with van der Waals surface area (Å²) in [5.41, 5.74) is 6.21. The third kappa shape index (κ3) is 2.41. The van der Waals surface area contributed by atoms with Gasteiger partial charge in [0.25, 0.3) is 0 Å². The number of halogens is 1. The van der Waals surface area contributed by atoms with Crippen LogP contribution in [0, 0.1) is 0 Å². The van der Waals surface area contributed by atoms with E-state index < -0.39 is 5.67 Å². The van der Waals surface area contributed by atoms with E-state index in [-0.39, 0.29) is 0 Å². The molecular formula is C15H18FN3O2. The predicted molar refractivity (Wildman–Crippen MR) is 78.2 cm³/mol. The Morgan fingerprint density at radius 2 is 1.95 bits per heavy atom. The van der Waals surface area contributed by atoms with Crippen molar-refractivity contribution in [1.82, 2.24) is 9.78 Å². The maximum Gasteiger partial charge on any atom is 0.170 e.